The summed E-state index contributed by atoms with van der Waals surface area (Å²) in [5, 5.41) is 6.03. The molecule has 6 heteroatoms. The lowest BCUT2D eigenvalue weighted by molar-refractivity contribution is 0.0926. The number of nitrogens with zero attached hydrogens (tertiary/aromatic N) is 2. The number of guanidine groups is 1. The number of unbranched alkanes of at least 4 members (excludes halogenated alkanes) is 3. The largest absolute Gasteiger partial charge is 0.459 e. The molecule has 1 aromatic heterocycles. The third kappa shape index (κ3) is 7.54. The summed E-state index contributed by atoms with van der Waals surface area (Å²) in [6.45, 7) is 5.80. The van der Waals surface area contributed by atoms with Gasteiger partial charge in [-0.15, -0.1) is 6.58 Å². The Labute approximate surface area is 138 Å². The molecular weight excluding hydrogens is 292 g/mol. The second-order valence-corrected chi connectivity index (χ2v) is 5.27. The zero-order valence-corrected chi connectivity index (χ0v) is 14.2. The van der Waals surface area contributed by atoms with Gasteiger partial charge in [0, 0.05) is 33.7 Å². The molecule has 0 bridgehead atoms. The van der Waals surface area contributed by atoms with Crippen LogP contribution in [0.4, 0.5) is 0 Å². The van der Waals surface area contributed by atoms with Gasteiger partial charge in [-0.25, -0.2) is 0 Å². The number of carbonyl (C=O) groups excluding carboxylic acids is 1. The average molecular weight is 320 g/mol. The van der Waals surface area contributed by atoms with Crippen LogP contribution in [-0.4, -0.2) is 50.5 Å². The van der Waals surface area contributed by atoms with E-state index in [0.717, 1.165) is 25.3 Å². The van der Waals surface area contributed by atoms with Crippen LogP contribution in [0, 0.1) is 0 Å². The van der Waals surface area contributed by atoms with Crippen molar-refractivity contribution in [2.24, 2.45) is 4.99 Å². The molecule has 6 nitrogen and oxygen atoms in total. The second kappa shape index (κ2) is 11.3. The molecule has 0 aliphatic rings. The molecule has 128 valence electrons. The Morgan fingerprint density at radius 3 is 2.78 bits per heavy atom. The lowest BCUT2D eigenvalue weighted by Gasteiger charge is -2.22. The van der Waals surface area contributed by atoms with Crippen LogP contribution in [0.3, 0.4) is 0 Å². The van der Waals surface area contributed by atoms with Crippen molar-refractivity contribution in [1.82, 2.24) is 15.5 Å². The molecule has 0 aromatic carbocycles. The smallest absolute Gasteiger partial charge is 0.287 e. The summed E-state index contributed by atoms with van der Waals surface area (Å²) in [6.07, 6.45) is 8.02. The molecule has 0 aliphatic heterocycles. The van der Waals surface area contributed by atoms with Crippen LogP contribution < -0.4 is 10.6 Å². The van der Waals surface area contributed by atoms with Crippen LogP contribution in [0.15, 0.2) is 40.5 Å². The molecule has 0 spiro atoms. The fraction of sp³-hybridized carbons (Fsp3) is 0.529. The Bertz CT molecular complexity index is 483. The standard InChI is InChI=1S/C17H28N4O2/c1-4-5-6-7-8-13-21(3)17(18-2)20-12-11-19-16(22)15-10-9-14-23-15/h4,9-10,14H,1,5-8,11-13H2,2-3H3,(H,18,20)(H,19,22). The molecule has 1 rings (SSSR count). The first kappa shape index (κ1) is 18.8. The number of furan rings is 1. The Balaban J connectivity index is 2.17. The molecule has 0 unspecified atom stereocenters. The Kier molecular flexibility index (Phi) is 9.28. The van der Waals surface area contributed by atoms with Crippen LogP contribution in [0.25, 0.3) is 0 Å². The molecular formula is C17H28N4O2. The molecule has 1 aromatic rings. The molecule has 0 aliphatic carbocycles. The van der Waals surface area contributed by atoms with E-state index in [4.69, 9.17) is 4.42 Å². The third-order valence-corrected chi connectivity index (χ3v) is 3.41. The maximum Gasteiger partial charge on any atom is 0.287 e. The van der Waals surface area contributed by atoms with Crippen LogP contribution in [0.5, 0.6) is 0 Å². The molecule has 23 heavy (non-hydrogen) atoms. The van der Waals surface area contributed by atoms with Crippen molar-refractivity contribution in [1.29, 1.82) is 0 Å². The zero-order chi connectivity index (χ0) is 16.9. The van der Waals surface area contributed by atoms with Gasteiger partial charge in [-0.05, 0) is 31.4 Å². The minimum absolute atomic E-state index is 0.206. The normalized spacial score (nSPS) is 11.1. The molecule has 0 saturated heterocycles. The highest BCUT2D eigenvalue weighted by Crippen LogP contribution is 2.01. The molecule has 0 fully saturated rings. The SMILES string of the molecule is C=CCCCCCN(C)C(=NC)NCCNC(=O)c1ccco1. The number of amides is 1. The highest BCUT2D eigenvalue weighted by Gasteiger charge is 2.08. The van der Waals surface area contributed by atoms with Crippen molar-refractivity contribution < 1.29 is 9.21 Å². The summed E-state index contributed by atoms with van der Waals surface area (Å²) >= 11 is 0. The number of allylic oxidation sites excluding steroid dienone is 1. The van der Waals surface area contributed by atoms with Crippen molar-refractivity contribution >= 4 is 11.9 Å². The van der Waals surface area contributed by atoms with Crippen molar-refractivity contribution in [3.05, 3.63) is 36.8 Å². The Morgan fingerprint density at radius 1 is 1.35 bits per heavy atom. The van der Waals surface area contributed by atoms with E-state index in [-0.39, 0.29) is 5.91 Å². The van der Waals surface area contributed by atoms with Crippen molar-refractivity contribution in [2.45, 2.75) is 25.7 Å². The molecule has 1 amide bonds. The predicted molar refractivity (Wildman–Crippen MR) is 93.7 cm³/mol. The highest BCUT2D eigenvalue weighted by atomic mass is 16.3. The van der Waals surface area contributed by atoms with E-state index in [2.05, 4.69) is 27.1 Å². The molecule has 0 radical (unpaired) electrons. The van der Waals surface area contributed by atoms with E-state index in [9.17, 15) is 4.79 Å². The van der Waals surface area contributed by atoms with Gasteiger partial charge >= 0.3 is 0 Å². The van der Waals surface area contributed by atoms with Crippen LogP contribution in [-0.2, 0) is 0 Å². The van der Waals surface area contributed by atoms with Crippen LogP contribution in [0.2, 0.25) is 0 Å². The van der Waals surface area contributed by atoms with Crippen molar-refractivity contribution in [3.8, 4) is 0 Å². The van der Waals surface area contributed by atoms with Gasteiger partial charge in [0.2, 0.25) is 0 Å². The summed E-state index contributed by atoms with van der Waals surface area (Å²) in [5.74, 6) is 0.953. The number of hydrogen-bond donors (Lipinski definition) is 2. The first-order valence-electron chi connectivity index (χ1n) is 8.03. The predicted octanol–water partition coefficient (Wildman–Crippen LogP) is 2.26. The zero-order valence-electron chi connectivity index (χ0n) is 14.2. The highest BCUT2D eigenvalue weighted by molar-refractivity contribution is 5.91. The lowest BCUT2D eigenvalue weighted by Crippen LogP contribution is -2.42. The van der Waals surface area contributed by atoms with Gasteiger partial charge in [0.25, 0.3) is 5.91 Å². The van der Waals surface area contributed by atoms with Gasteiger partial charge in [0.15, 0.2) is 11.7 Å². The topological polar surface area (TPSA) is 69.9 Å². The second-order valence-electron chi connectivity index (χ2n) is 5.27. The van der Waals surface area contributed by atoms with E-state index < -0.39 is 0 Å². The lowest BCUT2D eigenvalue weighted by atomic mass is 10.2. The van der Waals surface area contributed by atoms with Gasteiger partial charge in [0.05, 0.1) is 6.26 Å². The summed E-state index contributed by atoms with van der Waals surface area (Å²) in [4.78, 5) is 18.1. The van der Waals surface area contributed by atoms with Crippen LogP contribution in [0.1, 0.15) is 36.2 Å². The Morgan fingerprint density at radius 2 is 2.13 bits per heavy atom. The van der Waals surface area contributed by atoms with E-state index in [1.165, 1.54) is 19.1 Å². The summed E-state index contributed by atoms with van der Waals surface area (Å²) in [7, 11) is 3.78. The maximum absolute atomic E-state index is 11.7. The van der Waals surface area contributed by atoms with Gasteiger partial charge in [0.1, 0.15) is 0 Å². The fourth-order valence-corrected chi connectivity index (χ4v) is 2.15. The Hall–Kier alpha value is -2.24. The minimum atomic E-state index is -0.206. The monoisotopic (exact) mass is 320 g/mol. The van der Waals surface area contributed by atoms with E-state index in [0.29, 0.717) is 18.8 Å². The van der Waals surface area contributed by atoms with E-state index in [1.807, 2.05) is 13.1 Å². The number of nitrogens with one attached hydrogen (secondary N) is 2. The number of rotatable bonds is 10. The first-order valence-corrected chi connectivity index (χ1v) is 8.03. The van der Waals surface area contributed by atoms with Crippen molar-refractivity contribution in [2.75, 3.05) is 33.7 Å². The molecule has 1 heterocycles. The fourth-order valence-electron chi connectivity index (χ4n) is 2.15. The van der Waals surface area contributed by atoms with Gasteiger partial charge in [-0.1, -0.05) is 12.5 Å². The summed E-state index contributed by atoms with van der Waals surface area (Å²) in [5.41, 5.74) is 0. The van der Waals surface area contributed by atoms with Crippen LogP contribution >= 0.6 is 0 Å². The quantitative estimate of drug-likeness (QED) is 0.300. The van der Waals surface area contributed by atoms with Gasteiger partial charge < -0.3 is 20.0 Å². The maximum atomic E-state index is 11.7. The van der Waals surface area contributed by atoms with Gasteiger partial charge in [-0.3, -0.25) is 9.79 Å². The summed E-state index contributed by atoms with van der Waals surface area (Å²) in [6, 6.07) is 3.33. The minimum Gasteiger partial charge on any atom is -0.459 e. The number of aliphatic imine (C=N–C) groups is 1. The first-order chi connectivity index (χ1) is 11.2. The van der Waals surface area contributed by atoms with Gasteiger partial charge in [-0.2, -0.15) is 0 Å². The summed E-state index contributed by atoms with van der Waals surface area (Å²) < 4.78 is 5.03. The average Bonchev–Trinajstić information content (AvgIpc) is 3.09. The van der Waals surface area contributed by atoms with Crippen molar-refractivity contribution in [3.63, 3.8) is 0 Å². The molecule has 0 atom stereocenters. The van der Waals surface area contributed by atoms with E-state index >= 15 is 0 Å². The third-order valence-electron chi connectivity index (χ3n) is 3.41. The molecule has 0 saturated carbocycles. The number of hydrogen-bond acceptors (Lipinski definition) is 3. The number of carbonyl (C=O) groups is 1. The molecule has 2 N–H and O–H groups in total. The van der Waals surface area contributed by atoms with E-state index in [1.54, 1.807) is 19.2 Å².